The Labute approximate surface area is 245 Å². The molecule has 42 heavy (non-hydrogen) atoms. The molecule has 0 radical (unpaired) electrons. The molecule has 1 saturated heterocycles. The van der Waals surface area contributed by atoms with E-state index in [-0.39, 0.29) is 23.5 Å². The molecule has 1 aromatic carbocycles. The average molecular weight is 584 g/mol. The summed E-state index contributed by atoms with van der Waals surface area (Å²) in [6.45, 7) is 13.0. The van der Waals surface area contributed by atoms with E-state index in [1.165, 1.54) is 12.1 Å². The summed E-state index contributed by atoms with van der Waals surface area (Å²) in [7, 11) is 0. The van der Waals surface area contributed by atoms with Gasteiger partial charge in [0.05, 0.1) is 17.3 Å². The van der Waals surface area contributed by atoms with Gasteiger partial charge in [0.2, 0.25) is 0 Å². The lowest BCUT2D eigenvalue weighted by atomic mass is 9.82. The number of aromatic nitrogens is 3. The first kappa shape index (κ1) is 31.4. The van der Waals surface area contributed by atoms with Gasteiger partial charge in [-0.3, -0.25) is 4.79 Å². The number of aliphatic hydroxyl groups excluding tert-OH is 1. The number of aliphatic hydroxyl groups is 1. The van der Waals surface area contributed by atoms with Gasteiger partial charge in [0.1, 0.15) is 11.6 Å². The van der Waals surface area contributed by atoms with Crippen LogP contribution >= 0.6 is 0 Å². The number of hydrogen-bond acceptors (Lipinski definition) is 7. The lowest BCUT2D eigenvalue weighted by Crippen LogP contribution is -2.40. The third kappa shape index (κ3) is 7.63. The fraction of sp³-hybridized carbons (Fsp3) is 0.548. The van der Waals surface area contributed by atoms with Crippen LogP contribution in [0.25, 0.3) is 5.65 Å². The number of carboxylic acid groups (broad SMARTS) is 1. The van der Waals surface area contributed by atoms with E-state index in [9.17, 15) is 24.2 Å². The topological polar surface area (TPSA) is 129 Å². The van der Waals surface area contributed by atoms with Crippen LogP contribution in [0.2, 0.25) is 0 Å². The first-order valence-corrected chi connectivity index (χ1v) is 14.4. The van der Waals surface area contributed by atoms with Crippen molar-refractivity contribution in [3.63, 3.8) is 0 Å². The maximum atomic E-state index is 13.1. The van der Waals surface area contributed by atoms with Crippen molar-refractivity contribution in [3.05, 3.63) is 58.7 Å². The summed E-state index contributed by atoms with van der Waals surface area (Å²) in [4.78, 5) is 32.4. The van der Waals surface area contributed by atoms with Crippen LogP contribution in [0.1, 0.15) is 87.3 Å². The highest BCUT2D eigenvalue weighted by atomic mass is 19.1. The highest BCUT2D eigenvalue weighted by molar-refractivity contribution is 5.93. The minimum atomic E-state index is -1.29. The number of fused-ring (bicyclic) bond motifs is 1. The number of hydrogen-bond donors (Lipinski definition) is 3. The van der Waals surface area contributed by atoms with E-state index < -0.39 is 29.7 Å². The minimum absolute atomic E-state index is 0.0141. The summed E-state index contributed by atoms with van der Waals surface area (Å²) in [5.74, 6) is -1.37. The fourth-order valence-corrected chi connectivity index (χ4v) is 5.13. The number of ether oxygens (including phenoxy) is 1. The van der Waals surface area contributed by atoms with Gasteiger partial charge < -0.3 is 25.2 Å². The molecule has 228 valence electrons. The number of carbonyl (C=O) groups excluding carboxylic acids is 1. The zero-order valence-corrected chi connectivity index (χ0v) is 25.3. The molecule has 2 unspecified atom stereocenters. The Hall–Kier alpha value is -3.57. The molecular formula is C31H42FN5O5. The van der Waals surface area contributed by atoms with Gasteiger partial charge in [-0.1, -0.05) is 26.0 Å². The molecule has 0 aliphatic carbocycles. The van der Waals surface area contributed by atoms with Crippen molar-refractivity contribution < 1.29 is 28.9 Å². The molecule has 11 heteroatoms. The van der Waals surface area contributed by atoms with E-state index in [4.69, 9.17) is 4.74 Å². The van der Waals surface area contributed by atoms with Gasteiger partial charge in [0.15, 0.2) is 17.4 Å². The molecule has 10 nitrogen and oxygen atoms in total. The third-order valence-corrected chi connectivity index (χ3v) is 7.59. The maximum Gasteiger partial charge on any atom is 0.337 e. The van der Waals surface area contributed by atoms with Crippen molar-refractivity contribution in [1.82, 2.24) is 19.9 Å². The van der Waals surface area contributed by atoms with Gasteiger partial charge in [0.25, 0.3) is 5.91 Å². The number of anilines is 1. The Balaban J connectivity index is 1.62. The van der Waals surface area contributed by atoms with Crippen molar-refractivity contribution in [2.24, 2.45) is 5.41 Å². The van der Waals surface area contributed by atoms with E-state index >= 15 is 0 Å². The largest absolute Gasteiger partial charge is 0.479 e. The lowest BCUT2D eigenvalue weighted by molar-refractivity contribution is -0.160. The molecule has 3 heterocycles. The molecule has 4 rings (SSSR count). The van der Waals surface area contributed by atoms with Crippen LogP contribution in [-0.2, 0) is 16.0 Å². The predicted octanol–water partition coefficient (Wildman–Crippen LogP) is 4.47. The first-order valence-electron chi connectivity index (χ1n) is 14.4. The summed E-state index contributed by atoms with van der Waals surface area (Å²) in [6, 6.07) is 7.66. The normalized spacial score (nSPS) is 16.8. The van der Waals surface area contributed by atoms with Crippen molar-refractivity contribution >= 4 is 23.3 Å². The average Bonchev–Trinajstić information content (AvgIpc) is 3.33. The summed E-state index contributed by atoms with van der Waals surface area (Å²) in [6.07, 6.45) is 0.635. The molecular weight excluding hydrogens is 541 g/mol. The molecule has 0 bridgehead atoms. The van der Waals surface area contributed by atoms with Gasteiger partial charge in [-0.2, -0.15) is 9.61 Å². The molecule has 3 aromatic rings. The summed E-state index contributed by atoms with van der Waals surface area (Å²) in [5, 5.41) is 28.0. The van der Waals surface area contributed by atoms with Crippen LogP contribution in [0.15, 0.2) is 30.3 Å². The summed E-state index contributed by atoms with van der Waals surface area (Å²) < 4.78 is 20.7. The number of rotatable bonds is 10. The van der Waals surface area contributed by atoms with Crippen molar-refractivity contribution in [3.8, 4) is 0 Å². The first-order chi connectivity index (χ1) is 19.6. The number of carbonyl (C=O) groups is 2. The molecule has 0 spiro atoms. The SMILES string of the molecule is Cc1nc2cc(C(=O)NCC(O)CCc3ccc(F)cc3)nn2c(N2CCC(C)(C)CC2)c1C(OC(C)(C)C)C(=O)O. The van der Waals surface area contributed by atoms with Gasteiger partial charge in [-0.25, -0.2) is 14.2 Å². The number of nitrogens with zero attached hydrogens (tertiary/aromatic N) is 4. The van der Waals surface area contributed by atoms with E-state index in [1.54, 1.807) is 50.4 Å². The highest BCUT2D eigenvalue weighted by Crippen LogP contribution is 2.38. The maximum absolute atomic E-state index is 13.1. The quantitative estimate of drug-likeness (QED) is 0.319. The van der Waals surface area contributed by atoms with Crippen LogP contribution in [-0.4, -0.2) is 68.0 Å². The second-order valence-electron chi connectivity index (χ2n) is 12.9. The molecule has 2 aromatic heterocycles. The van der Waals surface area contributed by atoms with Crippen LogP contribution < -0.4 is 10.2 Å². The molecule has 1 fully saturated rings. The van der Waals surface area contributed by atoms with Crippen LogP contribution in [0, 0.1) is 18.2 Å². The molecule has 2 atom stereocenters. The monoisotopic (exact) mass is 583 g/mol. The molecule has 1 aliphatic heterocycles. The zero-order chi connectivity index (χ0) is 30.8. The number of aryl methyl sites for hydroxylation is 2. The Morgan fingerprint density at radius 2 is 1.81 bits per heavy atom. The van der Waals surface area contributed by atoms with Gasteiger partial charge in [0, 0.05) is 31.4 Å². The highest BCUT2D eigenvalue weighted by Gasteiger charge is 2.36. The number of amides is 1. The standard InChI is InChI=1S/C31H42FN5O5/c1-19-25(26(29(40)41)42-30(2,3)4)28(36-15-13-31(5,6)14-16-36)37-24(34-19)17-23(35-37)27(39)33-18-22(38)12-9-20-7-10-21(32)11-8-20/h7-8,10-11,17,22,26,38H,9,12-16,18H2,1-6H3,(H,33,39)(H,40,41). The number of aliphatic carboxylic acids is 1. The van der Waals surface area contributed by atoms with Crippen molar-refractivity contribution in [1.29, 1.82) is 0 Å². The smallest absolute Gasteiger partial charge is 0.337 e. The number of carboxylic acids is 1. The molecule has 0 saturated carbocycles. The van der Waals surface area contributed by atoms with Gasteiger partial charge in [-0.05, 0) is 76.5 Å². The number of halogens is 1. The Morgan fingerprint density at radius 3 is 2.40 bits per heavy atom. The van der Waals surface area contributed by atoms with Crippen LogP contribution in [0.3, 0.4) is 0 Å². The Kier molecular flexibility index (Phi) is 9.22. The Bertz CT molecular complexity index is 1420. The zero-order valence-electron chi connectivity index (χ0n) is 25.3. The molecule has 1 amide bonds. The van der Waals surface area contributed by atoms with Gasteiger partial charge in [-0.15, -0.1) is 0 Å². The van der Waals surface area contributed by atoms with E-state index in [0.717, 1.165) is 18.4 Å². The Morgan fingerprint density at radius 1 is 1.17 bits per heavy atom. The fourth-order valence-electron chi connectivity index (χ4n) is 5.13. The van der Waals surface area contributed by atoms with Gasteiger partial charge >= 0.3 is 5.97 Å². The number of piperidine rings is 1. The molecule has 1 aliphatic rings. The van der Waals surface area contributed by atoms with E-state index in [1.807, 2.05) is 0 Å². The second kappa shape index (κ2) is 12.3. The lowest BCUT2D eigenvalue weighted by Gasteiger charge is -2.39. The summed E-state index contributed by atoms with van der Waals surface area (Å²) in [5.41, 5.74) is 1.72. The third-order valence-electron chi connectivity index (χ3n) is 7.59. The minimum Gasteiger partial charge on any atom is -0.479 e. The van der Waals surface area contributed by atoms with E-state index in [0.29, 0.717) is 48.7 Å². The predicted molar refractivity (Wildman–Crippen MR) is 157 cm³/mol. The van der Waals surface area contributed by atoms with E-state index in [2.05, 4.69) is 34.1 Å². The van der Waals surface area contributed by atoms with Crippen molar-refractivity contribution in [2.45, 2.75) is 85.0 Å². The number of nitrogens with one attached hydrogen (secondary N) is 1. The van der Waals surface area contributed by atoms with Crippen LogP contribution in [0.5, 0.6) is 0 Å². The van der Waals surface area contributed by atoms with Crippen molar-refractivity contribution in [2.75, 3.05) is 24.5 Å². The van der Waals surface area contributed by atoms with Crippen LogP contribution in [0.4, 0.5) is 10.2 Å². The second-order valence-corrected chi connectivity index (χ2v) is 12.9. The number of benzene rings is 1. The summed E-state index contributed by atoms with van der Waals surface area (Å²) >= 11 is 0. The molecule has 3 N–H and O–H groups in total.